The van der Waals surface area contributed by atoms with E-state index >= 15 is 0 Å². The number of nitro benzene ring substituents is 1. The Morgan fingerprint density at radius 1 is 1.24 bits per heavy atom. The lowest BCUT2D eigenvalue weighted by molar-refractivity contribution is -0.385. The molecule has 7 heteroatoms. The first-order chi connectivity index (χ1) is 9.88. The van der Waals surface area contributed by atoms with Crippen molar-refractivity contribution in [1.29, 1.82) is 0 Å². The standard InChI is InChI=1S/C14H10ClNO5/c1-8-2-4-12(10(15)6-8)21-13-5-3-9(14(17)18)7-11(13)16(19)20/h2-7H,1H3,(H,17,18). The van der Waals surface area contributed by atoms with Gasteiger partial charge in [-0.1, -0.05) is 17.7 Å². The van der Waals surface area contributed by atoms with Crippen LogP contribution < -0.4 is 4.74 Å². The summed E-state index contributed by atoms with van der Waals surface area (Å²) in [6.07, 6.45) is 0. The monoisotopic (exact) mass is 307 g/mol. The Labute approximate surface area is 124 Å². The molecule has 0 aliphatic rings. The Kier molecular flexibility index (Phi) is 4.09. The predicted molar refractivity (Wildman–Crippen MR) is 76.3 cm³/mol. The molecule has 0 aliphatic carbocycles. The molecule has 0 radical (unpaired) electrons. The van der Waals surface area contributed by atoms with Crippen LogP contribution >= 0.6 is 11.6 Å². The first-order valence-electron chi connectivity index (χ1n) is 5.84. The summed E-state index contributed by atoms with van der Waals surface area (Å²) in [7, 11) is 0. The summed E-state index contributed by atoms with van der Waals surface area (Å²) in [5.41, 5.74) is 0.290. The van der Waals surface area contributed by atoms with Crippen LogP contribution in [0.2, 0.25) is 5.02 Å². The third-order valence-corrected chi connectivity index (χ3v) is 3.01. The molecule has 0 fully saturated rings. The average Bonchev–Trinajstić information content (AvgIpc) is 2.41. The summed E-state index contributed by atoms with van der Waals surface area (Å²) < 4.78 is 5.42. The maximum absolute atomic E-state index is 11.0. The van der Waals surface area contributed by atoms with Gasteiger partial charge in [0.2, 0.25) is 5.75 Å². The van der Waals surface area contributed by atoms with Gasteiger partial charge >= 0.3 is 11.7 Å². The molecule has 108 valence electrons. The fourth-order valence-electron chi connectivity index (χ4n) is 1.69. The van der Waals surface area contributed by atoms with Crippen LogP contribution in [0, 0.1) is 17.0 Å². The first kappa shape index (κ1) is 14.8. The largest absolute Gasteiger partial charge is 0.478 e. The van der Waals surface area contributed by atoms with Crippen molar-refractivity contribution in [3.05, 3.63) is 62.7 Å². The van der Waals surface area contributed by atoms with Crippen molar-refractivity contribution in [3.8, 4) is 11.5 Å². The number of nitro groups is 1. The average molecular weight is 308 g/mol. The molecule has 2 aromatic rings. The summed E-state index contributed by atoms with van der Waals surface area (Å²) >= 11 is 6.00. The van der Waals surface area contributed by atoms with Gasteiger partial charge in [0.05, 0.1) is 15.5 Å². The molecule has 6 nitrogen and oxygen atoms in total. The molecular weight excluding hydrogens is 298 g/mol. The molecule has 21 heavy (non-hydrogen) atoms. The summed E-state index contributed by atoms with van der Waals surface area (Å²) in [5.74, 6) is -1.07. The second-order valence-corrected chi connectivity index (χ2v) is 4.69. The van der Waals surface area contributed by atoms with Gasteiger partial charge in [0, 0.05) is 6.07 Å². The maximum Gasteiger partial charge on any atom is 0.335 e. The van der Waals surface area contributed by atoms with Gasteiger partial charge in [0.25, 0.3) is 0 Å². The minimum absolute atomic E-state index is 0.0734. The van der Waals surface area contributed by atoms with Crippen LogP contribution in [-0.2, 0) is 0 Å². The molecule has 2 aromatic carbocycles. The maximum atomic E-state index is 11.0. The zero-order valence-corrected chi connectivity index (χ0v) is 11.6. The zero-order valence-electron chi connectivity index (χ0n) is 10.9. The number of aryl methyl sites for hydroxylation is 1. The van der Waals surface area contributed by atoms with Gasteiger partial charge in [-0.2, -0.15) is 0 Å². The molecule has 2 rings (SSSR count). The highest BCUT2D eigenvalue weighted by Crippen LogP contribution is 2.35. The Balaban J connectivity index is 2.44. The highest BCUT2D eigenvalue weighted by molar-refractivity contribution is 6.32. The van der Waals surface area contributed by atoms with Crippen molar-refractivity contribution in [2.45, 2.75) is 6.92 Å². The number of carboxylic acid groups (broad SMARTS) is 1. The number of halogens is 1. The van der Waals surface area contributed by atoms with E-state index in [-0.39, 0.29) is 17.1 Å². The zero-order chi connectivity index (χ0) is 15.6. The van der Waals surface area contributed by atoms with E-state index in [4.69, 9.17) is 21.4 Å². The van der Waals surface area contributed by atoms with Crippen LogP contribution in [-0.4, -0.2) is 16.0 Å². The molecule has 0 heterocycles. The summed E-state index contributed by atoms with van der Waals surface area (Å²) in [4.78, 5) is 21.2. The summed E-state index contributed by atoms with van der Waals surface area (Å²) in [6, 6.07) is 8.41. The van der Waals surface area contributed by atoms with Crippen LogP contribution in [0.25, 0.3) is 0 Å². The summed E-state index contributed by atoms with van der Waals surface area (Å²) in [6.45, 7) is 1.85. The van der Waals surface area contributed by atoms with Crippen LogP contribution in [0.5, 0.6) is 11.5 Å². The van der Waals surface area contributed by atoms with Gasteiger partial charge in [0.1, 0.15) is 5.75 Å². The number of carbonyl (C=O) groups is 1. The van der Waals surface area contributed by atoms with Crippen molar-refractivity contribution in [2.24, 2.45) is 0 Å². The molecule has 0 aliphatic heterocycles. The van der Waals surface area contributed by atoms with Gasteiger partial charge in [-0.3, -0.25) is 10.1 Å². The predicted octanol–water partition coefficient (Wildman–Crippen LogP) is 4.05. The molecule has 0 saturated carbocycles. The molecule has 0 unspecified atom stereocenters. The van der Waals surface area contributed by atoms with Crippen molar-refractivity contribution < 1.29 is 19.6 Å². The second-order valence-electron chi connectivity index (χ2n) is 4.28. The number of nitrogens with zero attached hydrogens (tertiary/aromatic N) is 1. The number of aromatic carboxylic acids is 1. The fraction of sp³-hybridized carbons (Fsp3) is 0.0714. The number of hydrogen-bond acceptors (Lipinski definition) is 4. The Bertz CT molecular complexity index is 729. The van der Waals surface area contributed by atoms with E-state index in [1.54, 1.807) is 18.2 Å². The van der Waals surface area contributed by atoms with Crippen LogP contribution in [0.15, 0.2) is 36.4 Å². The van der Waals surface area contributed by atoms with Gasteiger partial charge in [-0.25, -0.2) is 4.79 Å². The van der Waals surface area contributed by atoms with E-state index in [0.29, 0.717) is 5.02 Å². The highest BCUT2D eigenvalue weighted by atomic mass is 35.5. The van der Waals surface area contributed by atoms with Gasteiger partial charge in [-0.05, 0) is 36.8 Å². The van der Waals surface area contributed by atoms with Crippen molar-refractivity contribution in [3.63, 3.8) is 0 Å². The van der Waals surface area contributed by atoms with E-state index in [9.17, 15) is 14.9 Å². The molecule has 1 N–H and O–H groups in total. The lowest BCUT2D eigenvalue weighted by atomic mass is 10.2. The molecule has 0 amide bonds. The highest BCUT2D eigenvalue weighted by Gasteiger charge is 2.19. The molecule has 0 bridgehead atoms. The molecule has 0 spiro atoms. The topological polar surface area (TPSA) is 89.7 Å². The van der Waals surface area contributed by atoms with E-state index in [1.807, 2.05) is 6.92 Å². The summed E-state index contributed by atoms with van der Waals surface area (Å²) in [5, 5.41) is 20.2. The van der Waals surface area contributed by atoms with Crippen LogP contribution in [0.4, 0.5) is 5.69 Å². The van der Waals surface area contributed by atoms with Crippen LogP contribution in [0.3, 0.4) is 0 Å². The number of hydrogen-bond donors (Lipinski definition) is 1. The first-order valence-corrected chi connectivity index (χ1v) is 6.22. The van der Waals surface area contributed by atoms with E-state index in [0.717, 1.165) is 11.6 Å². The SMILES string of the molecule is Cc1ccc(Oc2ccc(C(=O)O)cc2[N+](=O)[O-])c(Cl)c1. The smallest absolute Gasteiger partial charge is 0.335 e. The van der Waals surface area contributed by atoms with Crippen molar-refractivity contribution >= 4 is 23.3 Å². The van der Waals surface area contributed by atoms with E-state index in [1.165, 1.54) is 12.1 Å². The third-order valence-electron chi connectivity index (χ3n) is 2.71. The van der Waals surface area contributed by atoms with E-state index < -0.39 is 16.6 Å². The third kappa shape index (κ3) is 3.29. The Morgan fingerprint density at radius 2 is 1.90 bits per heavy atom. The normalized spacial score (nSPS) is 10.2. The number of carboxylic acids is 1. The molecule has 0 saturated heterocycles. The van der Waals surface area contributed by atoms with Crippen LogP contribution in [0.1, 0.15) is 15.9 Å². The lowest BCUT2D eigenvalue weighted by Crippen LogP contribution is -2.00. The molecule has 0 atom stereocenters. The van der Waals surface area contributed by atoms with Crippen molar-refractivity contribution in [1.82, 2.24) is 0 Å². The second kappa shape index (κ2) is 5.80. The van der Waals surface area contributed by atoms with E-state index in [2.05, 4.69) is 0 Å². The fourth-order valence-corrected chi connectivity index (χ4v) is 1.96. The number of rotatable bonds is 4. The lowest BCUT2D eigenvalue weighted by Gasteiger charge is -2.09. The molecule has 0 aromatic heterocycles. The van der Waals surface area contributed by atoms with Gasteiger partial charge in [-0.15, -0.1) is 0 Å². The number of ether oxygens (including phenoxy) is 1. The quantitative estimate of drug-likeness (QED) is 0.680. The van der Waals surface area contributed by atoms with Gasteiger partial charge < -0.3 is 9.84 Å². The Morgan fingerprint density at radius 3 is 2.48 bits per heavy atom. The Hall–Kier alpha value is -2.60. The minimum atomic E-state index is -1.25. The van der Waals surface area contributed by atoms with Crippen molar-refractivity contribution in [2.75, 3.05) is 0 Å². The number of benzene rings is 2. The van der Waals surface area contributed by atoms with Gasteiger partial charge in [0.15, 0.2) is 0 Å². The molecular formula is C14H10ClNO5. The minimum Gasteiger partial charge on any atom is -0.478 e.